The van der Waals surface area contributed by atoms with Gasteiger partial charge in [0.15, 0.2) is 36.1 Å². The van der Waals surface area contributed by atoms with E-state index in [1.165, 1.54) is 0 Å². The van der Waals surface area contributed by atoms with Crippen LogP contribution in [0.4, 0.5) is 18.9 Å². The van der Waals surface area contributed by atoms with Crippen molar-refractivity contribution in [2.24, 2.45) is 0 Å². The number of oxazole rings is 1. The molecule has 0 aliphatic rings. The number of halogens is 3. The second kappa shape index (κ2) is 6.94. The number of likely N-dealkylation sites (N-methyl/N-ethyl adjacent to an activating group) is 1. The first-order chi connectivity index (χ1) is 11.9. The van der Waals surface area contributed by atoms with Crippen LogP contribution >= 0.6 is 0 Å². The molecule has 1 unspecified atom stereocenters. The Morgan fingerprint density at radius 3 is 2.68 bits per heavy atom. The molecule has 1 amide bonds. The van der Waals surface area contributed by atoms with E-state index < -0.39 is 29.0 Å². The first kappa shape index (κ1) is 17.0. The second-order valence-electron chi connectivity index (χ2n) is 5.66. The Bertz CT molecular complexity index is 894. The van der Waals surface area contributed by atoms with Crippen molar-refractivity contribution in [1.82, 2.24) is 4.98 Å². The molecule has 0 saturated heterocycles. The van der Waals surface area contributed by atoms with Crippen LogP contribution in [0.5, 0.6) is 0 Å². The Kier molecular flexibility index (Phi) is 4.71. The summed E-state index contributed by atoms with van der Waals surface area (Å²) in [6.45, 7) is 0.305. The summed E-state index contributed by atoms with van der Waals surface area (Å²) in [5, 5.41) is 2.23. The van der Waals surface area contributed by atoms with Gasteiger partial charge in [-0.3, -0.25) is 4.79 Å². The van der Waals surface area contributed by atoms with Crippen molar-refractivity contribution in [3.05, 3.63) is 59.7 Å². The van der Waals surface area contributed by atoms with Crippen LogP contribution < -0.4 is 10.2 Å². The molecule has 1 heterocycles. The van der Waals surface area contributed by atoms with Gasteiger partial charge in [-0.05, 0) is 24.3 Å². The van der Waals surface area contributed by atoms with Gasteiger partial charge in [-0.25, -0.2) is 18.2 Å². The van der Waals surface area contributed by atoms with Crippen molar-refractivity contribution in [1.29, 1.82) is 0 Å². The summed E-state index contributed by atoms with van der Waals surface area (Å²) in [7, 11) is 1.73. The minimum absolute atomic E-state index is 0.0306. The molecule has 25 heavy (non-hydrogen) atoms. The van der Waals surface area contributed by atoms with Crippen molar-refractivity contribution in [3.63, 3.8) is 0 Å². The minimum atomic E-state index is -1.62. The second-order valence-corrected chi connectivity index (χ2v) is 5.66. The lowest BCUT2D eigenvalue weighted by Gasteiger charge is -2.12. The number of benzene rings is 2. The molecule has 130 valence electrons. The SMILES string of the molecule is C[NH+](CC(=O)Nc1ccc(F)c(F)c1F)Cc1nc2ccccc2o1. The number of aromatic nitrogens is 1. The molecule has 1 atom stereocenters. The average molecular weight is 350 g/mol. The Morgan fingerprint density at radius 1 is 1.16 bits per heavy atom. The lowest BCUT2D eigenvalue weighted by atomic mass is 10.2. The van der Waals surface area contributed by atoms with E-state index in [1.54, 1.807) is 13.1 Å². The number of amides is 1. The van der Waals surface area contributed by atoms with Crippen LogP contribution in [0.25, 0.3) is 11.1 Å². The number of para-hydroxylation sites is 2. The zero-order chi connectivity index (χ0) is 18.0. The molecule has 8 heteroatoms. The normalized spacial score (nSPS) is 12.3. The third kappa shape index (κ3) is 3.80. The van der Waals surface area contributed by atoms with Gasteiger partial charge in [-0.2, -0.15) is 0 Å². The van der Waals surface area contributed by atoms with Crippen molar-refractivity contribution in [2.45, 2.75) is 6.54 Å². The topological polar surface area (TPSA) is 59.6 Å². The first-order valence-electron chi connectivity index (χ1n) is 7.53. The highest BCUT2D eigenvalue weighted by Gasteiger charge is 2.18. The van der Waals surface area contributed by atoms with Gasteiger partial charge in [-0.1, -0.05) is 12.1 Å². The molecule has 0 spiro atoms. The summed E-state index contributed by atoms with van der Waals surface area (Å²) >= 11 is 0. The molecular weight excluding hydrogens is 335 g/mol. The van der Waals surface area contributed by atoms with Crippen LogP contribution in [0.2, 0.25) is 0 Å². The van der Waals surface area contributed by atoms with Gasteiger partial charge in [0.2, 0.25) is 0 Å². The predicted octanol–water partition coefficient (Wildman–Crippen LogP) is 1.90. The maximum atomic E-state index is 13.6. The lowest BCUT2D eigenvalue weighted by molar-refractivity contribution is -0.886. The molecule has 0 aliphatic carbocycles. The molecule has 1 aromatic heterocycles. The Morgan fingerprint density at radius 2 is 1.92 bits per heavy atom. The number of nitrogens with one attached hydrogen (secondary N) is 2. The highest BCUT2D eigenvalue weighted by Crippen LogP contribution is 2.19. The van der Waals surface area contributed by atoms with E-state index >= 15 is 0 Å². The molecule has 0 bridgehead atoms. The Balaban J connectivity index is 1.61. The number of carbonyl (C=O) groups excluding carboxylic acids is 1. The maximum absolute atomic E-state index is 13.6. The zero-order valence-electron chi connectivity index (χ0n) is 13.3. The highest BCUT2D eigenvalue weighted by atomic mass is 19.2. The molecule has 0 radical (unpaired) electrons. The minimum Gasteiger partial charge on any atom is -0.435 e. The zero-order valence-corrected chi connectivity index (χ0v) is 13.3. The number of quaternary nitrogens is 1. The third-order valence-electron chi connectivity index (χ3n) is 3.56. The molecule has 5 nitrogen and oxygen atoms in total. The molecular formula is C17H15F3N3O2+. The Labute approximate surface area is 141 Å². The predicted molar refractivity (Wildman–Crippen MR) is 84.4 cm³/mol. The van der Waals surface area contributed by atoms with Gasteiger partial charge in [0.25, 0.3) is 11.8 Å². The summed E-state index contributed by atoms with van der Waals surface area (Å²) in [6, 6.07) is 9.01. The number of rotatable bonds is 5. The summed E-state index contributed by atoms with van der Waals surface area (Å²) in [5.41, 5.74) is 0.968. The van der Waals surface area contributed by atoms with E-state index in [0.29, 0.717) is 18.0 Å². The molecule has 3 aromatic rings. The van der Waals surface area contributed by atoms with E-state index in [4.69, 9.17) is 4.42 Å². The first-order valence-corrected chi connectivity index (χ1v) is 7.53. The fraction of sp³-hybridized carbons (Fsp3) is 0.176. The number of carbonyl (C=O) groups is 1. The van der Waals surface area contributed by atoms with Crippen molar-refractivity contribution in [2.75, 3.05) is 18.9 Å². The third-order valence-corrected chi connectivity index (χ3v) is 3.56. The van der Waals surface area contributed by atoms with Gasteiger partial charge in [0, 0.05) is 0 Å². The van der Waals surface area contributed by atoms with Crippen LogP contribution in [0.1, 0.15) is 5.89 Å². The smallest absolute Gasteiger partial charge is 0.279 e. The van der Waals surface area contributed by atoms with Crippen LogP contribution in [0, 0.1) is 17.5 Å². The van der Waals surface area contributed by atoms with E-state index in [0.717, 1.165) is 22.5 Å². The lowest BCUT2D eigenvalue weighted by Crippen LogP contribution is -3.08. The highest BCUT2D eigenvalue weighted by molar-refractivity contribution is 5.91. The standard InChI is InChI=1S/C17H14F3N3O2/c1-23(9-15-22-11-4-2-3-5-13(11)25-15)8-14(24)21-12-7-6-10(18)16(19)17(12)20/h2-7H,8-9H2,1H3,(H,21,24)/p+1. The molecule has 0 saturated carbocycles. The van der Waals surface area contributed by atoms with E-state index in [2.05, 4.69) is 10.3 Å². The molecule has 0 aliphatic heterocycles. The quantitative estimate of drug-likeness (QED) is 0.691. The number of nitrogens with zero attached hydrogens (tertiary/aromatic N) is 1. The summed E-state index contributed by atoms with van der Waals surface area (Å²) < 4.78 is 45.2. The van der Waals surface area contributed by atoms with Gasteiger partial charge < -0.3 is 14.6 Å². The van der Waals surface area contributed by atoms with Gasteiger partial charge in [-0.15, -0.1) is 0 Å². The maximum Gasteiger partial charge on any atom is 0.279 e. The van der Waals surface area contributed by atoms with Crippen LogP contribution in [-0.4, -0.2) is 24.5 Å². The van der Waals surface area contributed by atoms with Crippen LogP contribution in [0.3, 0.4) is 0 Å². The molecule has 0 fully saturated rings. The van der Waals surface area contributed by atoms with Crippen molar-refractivity contribution in [3.8, 4) is 0 Å². The average Bonchev–Trinajstić information content (AvgIpc) is 2.97. The van der Waals surface area contributed by atoms with Crippen molar-refractivity contribution < 1.29 is 27.3 Å². The number of anilines is 1. The van der Waals surface area contributed by atoms with Gasteiger partial charge in [0.05, 0.1) is 12.7 Å². The Hall–Kier alpha value is -2.87. The fourth-order valence-electron chi connectivity index (χ4n) is 2.41. The van der Waals surface area contributed by atoms with Gasteiger partial charge in [0.1, 0.15) is 5.52 Å². The van der Waals surface area contributed by atoms with Gasteiger partial charge >= 0.3 is 0 Å². The molecule has 3 rings (SSSR count). The number of hydrogen-bond acceptors (Lipinski definition) is 3. The fourth-order valence-corrected chi connectivity index (χ4v) is 2.41. The summed E-state index contributed by atoms with van der Waals surface area (Å²) in [6.07, 6.45) is 0. The largest absolute Gasteiger partial charge is 0.435 e. The van der Waals surface area contributed by atoms with Crippen LogP contribution in [-0.2, 0) is 11.3 Å². The monoisotopic (exact) mass is 350 g/mol. The summed E-state index contributed by atoms with van der Waals surface area (Å²) in [5.74, 6) is -4.44. The molecule has 2 aromatic carbocycles. The molecule has 2 N–H and O–H groups in total. The van der Waals surface area contributed by atoms with E-state index in [1.807, 2.05) is 18.2 Å². The van der Waals surface area contributed by atoms with E-state index in [9.17, 15) is 18.0 Å². The van der Waals surface area contributed by atoms with Crippen molar-refractivity contribution >= 4 is 22.7 Å². The van der Waals surface area contributed by atoms with Crippen LogP contribution in [0.15, 0.2) is 40.8 Å². The summed E-state index contributed by atoms with van der Waals surface area (Å²) in [4.78, 5) is 17.0. The number of fused-ring (bicyclic) bond motifs is 1. The number of hydrogen-bond donors (Lipinski definition) is 2. The van der Waals surface area contributed by atoms with E-state index in [-0.39, 0.29) is 6.54 Å².